The third kappa shape index (κ3) is 3.02. The van der Waals surface area contributed by atoms with Gasteiger partial charge in [0.2, 0.25) is 0 Å². The van der Waals surface area contributed by atoms with Crippen LogP contribution in [0.3, 0.4) is 0 Å². The maximum atomic E-state index is 12.1. The summed E-state index contributed by atoms with van der Waals surface area (Å²) in [6.07, 6.45) is 0. The molecule has 1 aromatic carbocycles. The molecule has 0 saturated heterocycles. The van der Waals surface area contributed by atoms with Gasteiger partial charge in [-0.05, 0) is 40.9 Å². The van der Waals surface area contributed by atoms with Crippen LogP contribution in [-0.2, 0) is 0 Å². The number of hydrogen-bond donors (Lipinski definition) is 0. The van der Waals surface area contributed by atoms with Gasteiger partial charge in [-0.2, -0.15) is 13.2 Å². The molecule has 5 heteroatoms. The molecule has 2 rings (SSSR count). The predicted octanol–water partition coefficient (Wildman–Crippen LogP) is 5.03. The minimum absolute atomic E-state index is 0.0899. The zero-order valence-electron chi connectivity index (χ0n) is 7.99. The highest BCUT2D eigenvalue weighted by Gasteiger charge is 2.28. The summed E-state index contributed by atoms with van der Waals surface area (Å²) in [6, 6.07) is 10.3. The number of alkyl halides is 3. The molecule has 2 aromatic rings. The van der Waals surface area contributed by atoms with Crippen molar-refractivity contribution in [3.63, 3.8) is 0 Å². The van der Waals surface area contributed by atoms with Crippen molar-refractivity contribution in [2.45, 2.75) is 10.4 Å². The predicted molar refractivity (Wildman–Crippen MR) is 61.7 cm³/mol. The second-order valence-electron chi connectivity index (χ2n) is 3.05. The number of thiophene rings is 1. The van der Waals surface area contributed by atoms with Crippen LogP contribution in [0.5, 0.6) is 0 Å². The average molecular weight is 260 g/mol. The van der Waals surface area contributed by atoms with Gasteiger partial charge in [-0.15, -0.1) is 11.3 Å². The van der Waals surface area contributed by atoms with Crippen LogP contribution in [0.15, 0.2) is 46.7 Å². The van der Waals surface area contributed by atoms with E-state index in [4.69, 9.17) is 0 Å². The molecule has 0 aliphatic carbocycles. The summed E-state index contributed by atoms with van der Waals surface area (Å²) < 4.78 is 36.2. The summed E-state index contributed by atoms with van der Waals surface area (Å²) in [5, 5.41) is 1.94. The lowest BCUT2D eigenvalue weighted by atomic mass is 10.2. The number of benzene rings is 1. The molecule has 1 aromatic heterocycles. The minimum atomic E-state index is -4.22. The lowest BCUT2D eigenvalue weighted by molar-refractivity contribution is -0.0328. The van der Waals surface area contributed by atoms with Crippen LogP contribution in [0.4, 0.5) is 13.2 Å². The Labute approximate surface area is 99.1 Å². The Hall–Kier alpha value is -0.940. The van der Waals surface area contributed by atoms with Crippen molar-refractivity contribution >= 4 is 23.1 Å². The van der Waals surface area contributed by atoms with E-state index in [1.165, 1.54) is 12.1 Å². The van der Waals surface area contributed by atoms with E-state index in [9.17, 15) is 13.2 Å². The molecule has 0 bridgehead atoms. The second kappa shape index (κ2) is 4.51. The zero-order valence-corrected chi connectivity index (χ0v) is 9.62. The molecule has 0 spiro atoms. The summed E-state index contributed by atoms with van der Waals surface area (Å²) in [7, 11) is 0. The van der Waals surface area contributed by atoms with Crippen LogP contribution in [-0.4, -0.2) is 5.51 Å². The minimum Gasteiger partial charge on any atom is -0.160 e. The Balaban J connectivity index is 2.17. The first-order valence-corrected chi connectivity index (χ1v) is 6.14. The van der Waals surface area contributed by atoms with E-state index >= 15 is 0 Å². The highest BCUT2D eigenvalue weighted by molar-refractivity contribution is 8.00. The molecule has 0 nitrogen and oxygen atoms in total. The maximum absolute atomic E-state index is 12.1. The first-order valence-electron chi connectivity index (χ1n) is 4.44. The van der Waals surface area contributed by atoms with Crippen molar-refractivity contribution in [1.82, 2.24) is 0 Å². The van der Waals surface area contributed by atoms with Gasteiger partial charge in [0, 0.05) is 9.77 Å². The van der Waals surface area contributed by atoms with Crippen LogP contribution in [0.1, 0.15) is 0 Å². The van der Waals surface area contributed by atoms with Crippen LogP contribution < -0.4 is 0 Å². The first kappa shape index (κ1) is 11.5. The highest BCUT2D eigenvalue weighted by atomic mass is 32.2. The van der Waals surface area contributed by atoms with Crippen LogP contribution in [0.2, 0.25) is 0 Å². The largest absolute Gasteiger partial charge is 0.446 e. The molecule has 0 unspecified atom stereocenters. The summed E-state index contributed by atoms with van der Waals surface area (Å²) in [6.45, 7) is 0. The standard InChI is InChI=1S/C11H7F3S2/c12-11(13,14)16-9-5-3-8(4-6-9)10-2-1-7-15-10/h1-7H. The first-order chi connectivity index (χ1) is 7.54. The monoisotopic (exact) mass is 260 g/mol. The van der Waals surface area contributed by atoms with Crippen molar-refractivity contribution in [1.29, 1.82) is 0 Å². The number of hydrogen-bond acceptors (Lipinski definition) is 2. The Morgan fingerprint density at radius 2 is 1.69 bits per heavy atom. The molecule has 0 aliphatic heterocycles. The van der Waals surface area contributed by atoms with E-state index in [0.29, 0.717) is 0 Å². The normalized spacial score (nSPS) is 11.7. The van der Waals surface area contributed by atoms with Gasteiger partial charge >= 0.3 is 5.51 Å². The lowest BCUT2D eigenvalue weighted by Crippen LogP contribution is -1.98. The van der Waals surface area contributed by atoms with Gasteiger partial charge in [0.25, 0.3) is 0 Å². The lowest BCUT2D eigenvalue weighted by Gasteiger charge is -2.05. The Morgan fingerprint density at radius 1 is 1.00 bits per heavy atom. The van der Waals surface area contributed by atoms with Crippen molar-refractivity contribution in [3.05, 3.63) is 41.8 Å². The molecule has 84 valence electrons. The molecule has 0 atom stereocenters. The van der Waals surface area contributed by atoms with Crippen LogP contribution in [0, 0.1) is 0 Å². The van der Waals surface area contributed by atoms with Gasteiger partial charge in [-0.1, -0.05) is 18.2 Å². The summed E-state index contributed by atoms with van der Waals surface area (Å²) in [5.41, 5.74) is -3.27. The third-order valence-electron chi connectivity index (χ3n) is 1.89. The van der Waals surface area contributed by atoms with Gasteiger partial charge in [0.15, 0.2) is 0 Å². The Kier molecular flexibility index (Phi) is 3.25. The average Bonchev–Trinajstić information content (AvgIpc) is 2.69. The van der Waals surface area contributed by atoms with Gasteiger partial charge in [-0.3, -0.25) is 0 Å². The molecular formula is C11H7F3S2. The van der Waals surface area contributed by atoms with Crippen molar-refractivity contribution in [3.8, 4) is 10.4 Å². The molecule has 0 radical (unpaired) electrons. The van der Waals surface area contributed by atoms with Crippen molar-refractivity contribution < 1.29 is 13.2 Å². The quantitative estimate of drug-likeness (QED) is 0.683. The van der Waals surface area contributed by atoms with Crippen molar-refractivity contribution in [2.75, 3.05) is 0 Å². The molecule has 0 amide bonds. The van der Waals surface area contributed by atoms with E-state index in [0.717, 1.165) is 10.4 Å². The number of halogens is 3. The van der Waals surface area contributed by atoms with E-state index in [1.54, 1.807) is 23.5 Å². The van der Waals surface area contributed by atoms with Crippen LogP contribution in [0.25, 0.3) is 10.4 Å². The highest BCUT2D eigenvalue weighted by Crippen LogP contribution is 2.37. The topological polar surface area (TPSA) is 0 Å². The summed E-state index contributed by atoms with van der Waals surface area (Å²) in [4.78, 5) is 1.27. The summed E-state index contributed by atoms with van der Waals surface area (Å²) >= 11 is 1.48. The Morgan fingerprint density at radius 3 is 2.19 bits per heavy atom. The smallest absolute Gasteiger partial charge is 0.160 e. The SMILES string of the molecule is FC(F)(F)Sc1ccc(-c2cccs2)cc1. The van der Waals surface area contributed by atoms with Gasteiger partial charge < -0.3 is 0 Å². The molecule has 0 saturated carbocycles. The maximum Gasteiger partial charge on any atom is 0.446 e. The third-order valence-corrected chi connectivity index (χ3v) is 3.55. The molecule has 0 aliphatic rings. The molecular weight excluding hydrogens is 253 g/mol. The number of thioether (sulfide) groups is 1. The number of rotatable bonds is 2. The Bertz CT molecular complexity index is 443. The molecule has 16 heavy (non-hydrogen) atoms. The summed E-state index contributed by atoms with van der Waals surface area (Å²) in [5.74, 6) is 0. The van der Waals surface area contributed by atoms with Crippen molar-refractivity contribution in [2.24, 2.45) is 0 Å². The van der Waals surface area contributed by atoms with Gasteiger partial charge in [0.1, 0.15) is 0 Å². The zero-order chi connectivity index (χ0) is 11.6. The fourth-order valence-electron chi connectivity index (χ4n) is 1.26. The van der Waals surface area contributed by atoms with Crippen LogP contribution >= 0.6 is 23.1 Å². The van der Waals surface area contributed by atoms with E-state index < -0.39 is 5.51 Å². The van der Waals surface area contributed by atoms with Gasteiger partial charge in [-0.25, -0.2) is 0 Å². The molecule has 0 fully saturated rings. The van der Waals surface area contributed by atoms with E-state index in [-0.39, 0.29) is 16.7 Å². The fourth-order valence-corrected chi connectivity index (χ4v) is 2.54. The fraction of sp³-hybridized carbons (Fsp3) is 0.0909. The second-order valence-corrected chi connectivity index (χ2v) is 5.14. The van der Waals surface area contributed by atoms with E-state index in [2.05, 4.69) is 0 Å². The van der Waals surface area contributed by atoms with E-state index in [1.807, 2.05) is 17.5 Å². The van der Waals surface area contributed by atoms with Gasteiger partial charge in [0.05, 0.1) is 0 Å². The molecule has 0 N–H and O–H groups in total. The molecule has 1 heterocycles.